The van der Waals surface area contributed by atoms with Gasteiger partial charge < -0.3 is 25.3 Å². The standard InChI is InChI=1S/C18H15ClN4O3/c1-10-6-12(3-4-13(10)19)26-18-16(20)17(21-8-22-18)23-11-2-5-14-15(7-11)25-9-24-14/h2-8H,9,20H2,1H3,(H,21,22,23). The molecule has 7 nitrogen and oxygen atoms in total. The van der Waals surface area contributed by atoms with Crippen LogP contribution in [0, 0.1) is 6.92 Å². The van der Waals surface area contributed by atoms with Gasteiger partial charge in [0.15, 0.2) is 17.3 Å². The van der Waals surface area contributed by atoms with Gasteiger partial charge >= 0.3 is 0 Å². The minimum absolute atomic E-state index is 0.215. The monoisotopic (exact) mass is 370 g/mol. The third kappa shape index (κ3) is 3.16. The van der Waals surface area contributed by atoms with Gasteiger partial charge in [-0.05, 0) is 42.8 Å². The number of aryl methyl sites for hydroxylation is 1. The first-order chi connectivity index (χ1) is 12.6. The molecule has 26 heavy (non-hydrogen) atoms. The van der Waals surface area contributed by atoms with Crippen LogP contribution in [0.5, 0.6) is 23.1 Å². The molecule has 2 heterocycles. The van der Waals surface area contributed by atoms with Crippen molar-refractivity contribution in [1.82, 2.24) is 9.97 Å². The van der Waals surface area contributed by atoms with E-state index in [0.717, 1.165) is 11.3 Å². The van der Waals surface area contributed by atoms with Crippen LogP contribution in [0.15, 0.2) is 42.7 Å². The first-order valence-electron chi connectivity index (χ1n) is 7.81. The van der Waals surface area contributed by atoms with Crippen molar-refractivity contribution in [2.24, 2.45) is 0 Å². The van der Waals surface area contributed by atoms with Gasteiger partial charge in [0, 0.05) is 16.8 Å². The first kappa shape index (κ1) is 16.3. The molecule has 1 aliphatic rings. The van der Waals surface area contributed by atoms with E-state index in [9.17, 15) is 0 Å². The van der Waals surface area contributed by atoms with E-state index < -0.39 is 0 Å². The zero-order chi connectivity index (χ0) is 18.1. The second kappa shape index (κ2) is 6.61. The third-order valence-corrected chi connectivity index (χ3v) is 4.25. The highest BCUT2D eigenvalue weighted by Crippen LogP contribution is 2.37. The van der Waals surface area contributed by atoms with E-state index in [4.69, 9.17) is 31.5 Å². The third-order valence-electron chi connectivity index (χ3n) is 3.83. The summed E-state index contributed by atoms with van der Waals surface area (Å²) in [5.74, 6) is 2.64. The van der Waals surface area contributed by atoms with Crippen molar-refractivity contribution in [2.45, 2.75) is 6.92 Å². The quantitative estimate of drug-likeness (QED) is 0.707. The zero-order valence-corrected chi connectivity index (χ0v) is 14.6. The summed E-state index contributed by atoms with van der Waals surface area (Å²) in [6, 6.07) is 10.8. The Kier molecular flexibility index (Phi) is 4.14. The maximum Gasteiger partial charge on any atom is 0.248 e. The van der Waals surface area contributed by atoms with E-state index in [1.165, 1.54) is 6.33 Å². The Labute approximate surface area is 154 Å². The Morgan fingerprint density at radius 1 is 1.12 bits per heavy atom. The summed E-state index contributed by atoms with van der Waals surface area (Å²) in [5.41, 5.74) is 8.11. The number of rotatable bonds is 4. The fourth-order valence-corrected chi connectivity index (χ4v) is 2.58. The summed E-state index contributed by atoms with van der Waals surface area (Å²) in [6.45, 7) is 2.11. The highest BCUT2D eigenvalue weighted by Gasteiger charge is 2.15. The molecule has 1 aromatic heterocycles. The maximum atomic E-state index is 6.17. The van der Waals surface area contributed by atoms with Gasteiger partial charge in [-0.1, -0.05) is 11.6 Å². The fourth-order valence-electron chi connectivity index (χ4n) is 2.46. The van der Waals surface area contributed by atoms with Crippen molar-refractivity contribution in [3.63, 3.8) is 0 Å². The Morgan fingerprint density at radius 3 is 2.81 bits per heavy atom. The average Bonchev–Trinajstić information content (AvgIpc) is 3.09. The van der Waals surface area contributed by atoms with Gasteiger partial charge in [-0.25, -0.2) is 4.98 Å². The van der Waals surface area contributed by atoms with Crippen LogP contribution in [0.25, 0.3) is 0 Å². The summed E-state index contributed by atoms with van der Waals surface area (Å²) < 4.78 is 16.4. The molecule has 0 aliphatic carbocycles. The number of hydrogen-bond donors (Lipinski definition) is 2. The molecule has 4 rings (SSSR count). The van der Waals surface area contributed by atoms with E-state index in [0.29, 0.717) is 28.1 Å². The zero-order valence-electron chi connectivity index (χ0n) is 13.8. The molecule has 1 aliphatic heterocycles. The van der Waals surface area contributed by atoms with Crippen molar-refractivity contribution in [3.8, 4) is 23.1 Å². The lowest BCUT2D eigenvalue weighted by Gasteiger charge is -2.12. The fraction of sp³-hybridized carbons (Fsp3) is 0.111. The molecule has 0 amide bonds. The van der Waals surface area contributed by atoms with Crippen molar-refractivity contribution >= 4 is 28.8 Å². The normalized spacial score (nSPS) is 12.1. The molecule has 0 saturated heterocycles. The van der Waals surface area contributed by atoms with Crippen LogP contribution in [0.4, 0.5) is 17.2 Å². The number of aromatic nitrogens is 2. The second-order valence-corrected chi connectivity index (χ2v) is 6.05. The molecule has 0 unspecified atom stereocenters. The number of anilines is 3. The minimum atomic E-state index is 0.215. The van der Waals surface area contributed by atoms with E-state index in [2.05, 4.69) is 15.3 Å². The molecule has 8 heteroatoms. The number of fused-ring (bicyclic) bond motifs is 1. The second-order valence-electron chi connectivity index (χ2n) is 5.65. The van der Waals surface area contributed by atoms with Crippen molar-refractivity contribution in [2.75, 3.05) is 17.8 Å². The lowest BCUT2D eigenvalue weighted by molar-refractivity contribution is 0.174. The maximum absolute atomic E-state index is 6.17. The number of benzene rings is 2. The lowest BCUT2D eigenvalue weighted by atomic mass is 10.2. The van der Waals surface area contributed by atoms with Crippen molar-refractivity contribution in [3.05, 3.63) is 53.3 Å². The van der Waals surface area contributed by atoms with Gasteiger partial charge in [0.1, 0.15) is 17.8 Å². The number of nitrogens with two attached hydrogens (primary N) is 1. The molecule has 3 aromatic rings. The van der Waals surface area contributed by atoms with Gasteiger partial charge in [-0.3, -0.25) is 0 Å². The van der Waals surface area contributed by atoms with Crippen LogP contribution in [-0.4, -0.2) is 16.8 Å². The molecule has 0 radical (unpaired) electrons. The van der Waals surface area contributed by atoms with Gasteiger partial charge in [-0.15, -0.1) is 0 Å². The summed E-state index contributed by atoms with van der Waals surface area (Å²) >= 11 is 6.04. The molecule has 2 aromatic carbocycles. The minimum Gasteiger partial charge on any atom is -0.454 e. The molecule has 0 bridgehead atoms. The van der Waals surface area contributed by atoms with Crippen LogP contribution in [0.2, 0.25) is 5.02 Å². The highest BCUT2D eigenvalue weighted by atomic mass is 35.5. The molecule has 132 valence electrons. The molecular formula is C18H15ClN4O3. The van der Waals surface area contributed by atoms with Crippen molar-refractivity contribution < 1.29 is 14.2 Å². The predicted molar refractivity (Wildman–Crippen MR) is 98.6 cm³/mol. The van der Waals surface area contributed by atoms with Gasteiger partial charge in [0.25, 0.3) is 0 Å². The Morgan fingerprint density at radius 2 is 1.96 bits per heavy atom. The SMILES string of the molecule is Cc1cc(Oc2ncnc(Nc3ccc4c(c3)OCO4)c2N)ccc1Cl. The summed E-state index contributed by atoms with van der Waals surface area (Å²) in [4.78, 5) is 8.29. The molecule has 3 N–H and O–H groups in total. The lowest BCUT2D eigenvalue weighted by Crippen LogP contribution is -2.03. The largest absolute Gasteiger partial charge is 0.454 e. The van der Waals surface area contributed by atoms with E-state index in [1.807, 2.05) is 31.2 Å². The molecule has 0 spiro atoms. The Hall–Kier alpha value is -3.19. The van der Waals surface area contributed by atoms with Crippen LogP contribution >= 0.6 is 11.6 Å². The smallest absolute Gasteiger partial charge is 0.248 e. The van der Waals surface area contributed by atoms with Gasteiger partial charge in [-0.2, -0.15) is 4.98 Å². The topological polar surface area (TPSA) is 91.5 Å². The van der Waals surface area contributed by atoms with Crippen LogP contribution in [0.3, 0.4) is 0 Å². The number of nitrogens with zero attached hydrogens (tertiary/aromatic N) is 2. The number of halogens is 1. The average molecular weight is 371 g/mol. The first-order valence-corrected chi connectivity index (χ1v) is 8.19. The van der Waals surface area contributed by atoms with E-state index >= 15 is 0 Å². The van der Waals surface area contributed by atoms with Crippen LogP contribution < -0.4 is 25.3 Å². The number of nitrogen functional groups attached to an aromatic ring is 1. The van der Waals surface area contributed by atoms with E-state index in [1.54, 1.807) is 12.1 Å². The number of ether oxygens (including phenoxy) is 3. The van der Waals surface area contributed by atoms with Gasteiger partial charge in [0.2, 0.25) is 12.7 Å². The van der Waals surface area contributed by atoms with E-state index in [-0.39, 0.29) is 18.4 Å². The van der Waals surface area contributed by atoms with Crippen molar-refractivity contribution in [1.29, 1.82) is 0 Å². The summed E-state index contributed by atoms with van der Waals surface area (Å²) in [6.07, 6.45) is 1.38. The highest BCUT2D eigenvalue weighted by molar-refractivity contribution is 6.31. The molecule has 0 saturated carbocycles. The predicted octanol–water partition coefficient (Wildman–Crippen LogP) is 4.29. The van der Waals surface area contributed by atoms with Crippen LogP contribution in [-0.2, 0) is 0 Å². The summed E-state index contributed by atoms with van der Waals surface area (Å²) in [7, 11) is 0. The number of nitrogens with one attached hydrogen (secondary N) is 1. The molecular weight excluding hydrogens is 356 g/mol. The molecule has 0 atom stereocenters. The van der Waals surface area contributed by atoms with Crippen LogP contribution in [0.1, 0.15) is 5.56 Å². The summed E-state index contributed by atoms with van der Waals surface area (Å²) in [5, 5.41) is 3.80. The Bertz CT molecular complexity index is 981. The Balaban J connectivity index is 1.58. The van der Waals surface area contributed by atoms with Gasteiger partial charge in [0.05, 0.1) is 0 Å². The molecule has 0 fully saturated rings. The number of hydrogen-bond acceptors (Lipinski definition) is 7.